The Hall–Kier alpha value is -2.50. The van der Waals surface area contributed by atoms with Gasteiger partial charge in [0, 0.05) is 19.5 Å². The lowest BCUT2D eigenvalue weighted by Crippen LogP contribution is -2.57. The molecule has 7 nitrogen and oxygen atoms in total. The highest BCUT2D eigenvalue weighted by atomic mass is 32.1. The van der Waals surface area contributed by atoms with Crippen molar-refractivity contribution in [3.8, 4) is 10.4 Å². The number of aliphatic hydroxyl groups excluding tert-OH is 1. The number of amides is 2. The first-order valence-corrected chi connectivity index (χ1v) is 11.9. The van der Waals surface area contributed by atoms with Crippen LogP contribution in [-0.2, 0) is 16.1 Å². The monoisotopic (exact) mass is 496 g/mol. The predicted molar refractivity (Wildman–Crippen MR) is 121 cm³/mol. The molecule has 0 radical (unpaired) electrons. The van der Waals surface area contributed by atoms with E-state index in [1.165, 1.54) is 7.05 Å². The SMILES string of the molecule is CNC(C(=O)N1CC(O)CC1C(=O)NCc1ccc(-c2scnc2C)cc1)C1(C(F)(F)F)CC1. The van der Waals surface area contributed by atoms with Gasteiger partial charge in [-0.3, -0.25) is 9.59 Å². The first-order valence-electron chi connectivity index (χ1n) is 11.1. The Bertz CT molecular complexity index is 1050. The fourth-order valence-corrected chi connectivity index (χ4v) is 5.45. The molecule has 4 rings (SSSR count). The number of nitrogens with one attached hydrogen (secondary N) is 2. The topological polar surface area (TPSA) is 94.6 Å². The van der Waals surface area contributed by atoms with Gasteiger partial charge in [-0.2, -0.15) is 13.2 Å². The summed E-state index contributed by atoms with van der Waals surface area (Å²) in [5.41, 5.74) is 2.44. The Labute approximate surface area is 199 Å². The third kappa shape index (κ3) is 4.56. The average molecular weight is 497 g/mol. The van der Waals surface area contributed by atoms with Crippen LogP contribution in [0.4, 0.5) is 13.2 Å². The number of aliphatic hydroxyl groups is 1. The third-order valence-electron chi connectivity index (χ3n) is 6.73. The molecule has 184 valence electrons. The van der Waals surface area contributed by atoms with Crippen LogP contribution in [0, 0.1) is 12.3 Å². The molecule has 1 saturated heterocycles. The molecule has 3 atom stereocenters. The average Bonchev–Trinajstić information content (AvgIpc) is 3.35. The van der Waals surface area contributed by atoms with Gasteiger partial charge in [0.1, 0.15) is 12.1 Å². The number of nitrogens with zero attached hydrogens (tertiary/aromatic N) is 2. The summed E-state index contributed by atoms with van der Waals surface area (Å²) < 4.78 is 40.9. The van der Waals surface area contributed by atoms with Crippen molar-refractivity contribution in [1.82, 2.24) is 20.5 Å². The van der Waals surface area contributed by atoms with Crippen molar-refractivity contribution >= 4 is 23.2 Å². The zero-order valence-electron chi connectivity index (χ0n) is 18.9. The molecule has 11 heteroatoms. The molecule has 1 aromatic carbocycles. The molecular formula is C23H27F3N4O3S. The number of halogens is 3. The molecule has 0 spiro atoms. The number of likely N-dealkylation sites (tertiary alicyclic amines) is 1. The maximum atomic E-state index is 13.6. The van der Waals surface area contributed by atoms with E-state index in [2.05, 4.69) is 15.6 Å². The van der Waals surface area contributed by atoms with Gasteiger partial charge in [-0.1, -0.05) is 24.3 Å². The van der Waals surface area contributed by atoms with Crippen LogP contribution in [0.25, 0.3) is 10.4 Å². The van der Waals surface area contributed by atoms with E-state index in [0.29, 0.717) is 0 Å². The number of thiazole rings is 1. The number of hydrogen-bond acceptors (Lipinski definition) is 6. The molecule has 2 aromatic rings. The zero-order valence-corrected chi connectivity index (χ0v) is 19.7. The molecule has 2 fully saturated rings. The second-order valence-corrected chi connectivity index (χ2v) is 9.81. The summed E-state index contributed by atoms with van der Waals surface area (Å²) in [6.07, 6.45) is -5.80. The maximum absolute atomic E-state index is 13.6. The number of alkyl halides is 3. The Balaban J connectivity index is 1.42. The molecule has 0 bridgehead atoms. The highest BCUT2D eigenvalue weighted by Crippen LogP contribution is 2.60. The maximum Gasteiger partial charge on any atom is 0.396 e. The first-order chi connectivity index (χ1) is 16.1. The van der Waals surface area contributed by atoms with Crippen molar-refractivity contribution in [2.45, 2.75) is 57.1 Å². The lowest BCUT2D eigenvalue weighted by Gasteiger charge is -2.33. The largest absolute Gasteiger partial charge is 0.396 e. The van der Waals surface area contributed by atoms with Crippen molar-refractivity contribution in [1.29, 1.82) is 0 Å². The number of hydrogen-bond donors (Lipinski definition) is 3. The predicted octanol–water partition coefficient (Wildman–Crippen LogP) is 2.63. The Morgan fingerprint density at radius 1 is 1.29 bits per heavy atom. The van der Waals surface area contributed by atoms with E-state index >= 15 is 0 Å². The molecule has 3 unspecified atom stereocenters. The molecule has 1 aromatic heterocycles. The minimum Gasteiger partial charge on any atom is -0.391 e. The van der Waals surface area contributed by atoms with E-state index in [0.717, 1.165) is 26.6 Å². The number of aromatic nitrogens is 1. The molecule has 2 aliphatic rings. The second-order valence-electron chi connectivity index (χ2n) is 8.95. The Morgan fingerprint density at radius 2 is 1.97 bits per heavy atom. The van der Waals surface area contributed by atoms with Crippen LogP contribution < -0.4 is 10.6 Å². The van der Waals surface area contributed by atoms with Crippen molar-refractivity contribution in [2.75, 3.05) is 13.6 Å². The molecule has 2 heterocycles. The van der Waals surface area contributed by atoms with E-state index in [4.69, 9.17) is 0 Å². The highest BCUT2D eigenvalue weighted by Gasteiger charge is 2.69. The Morgan fingerprint density at radius 3 is 2.50 bits per heavy atom. The van der Waals surface area contributed by atoms with E-state index in [1.807, 2.05) is 31.2 Å². The van der Waals surface area contributed by atoms with Crippen molar-refractivity contribution < 1.29 is 27.9 Å². The third-order valence-corrected chi connectivity index (χ3v) is 7.71. The van der Waals surface area contributed by atoms with Crippen molar-refractivity contribution in [3.63, 3.8) is 0 Å². The van der Waals surface area contributed by atoms with Crippen molar-refractivity contribution in [2.24, 2.45) is 5.41 Å². The van der Waals surface area contributed by atoms with E-state index < -0.39 is 41.6 Å². The fraction of sp³-hybridized carbons (Fsp3) is 0.522. The summed E-state index contributed by atoms with van der Waals surface area (Å²) in [6, 6.07) is 5.09. The van der Waals surface area contributed by atoms with Gasteiger partial charge < -0.3 is 20.6 Å². The number of rotatable bonds is 7. The smallest absolute Gasteiger partial charge is 0.391 e. The lowest BCUT2D eigenvalue weighted by atomic mass is 9.94. The van der Waals surface area contributed by atoms with Crippen LogP contribution in [0.3, 0.4) is 0 Å². The van der Waals surface area contributed by atoms with E-state index in [-0.39, 0.29) is 32.4 Å². The van der Waals surface area contributed by atoms with E-state index in [9.17, 15) is 27.9 Å². The number of carbonyl (C=O) groups is 2. The molecular weight excluding hydrogens is 469 g/mol. The fourth-order valence-electron chi connectivity index (χ4n) is 4.64. The van der Waals surface area contributed by atoms with Crippen LogP contribution in [0.2, 0.25) is 0 Å². The van der Waals surface area contributed by atoms with Gasteiger partial charge in [-0.05, 0) is 37.9 Å². The molecule has 34 heavy (non-hydrogen) atoms. The van der Waals surface area contributed by atoms with Gasteiger partial charge in [0.05, 0.1) is 27.6 Å². The number of carbonyl (C=O) groups excluding carboxylic acids is 2. The summed E-state index contributed by atoms with van der Waals surface area (Å²) in [5, 5.41) is 15.4. The van der Waals surface area contributed by atoms with Gasteiger partial charge in [0.2, 0.25) is 11.8 Å². The summed E-state index contributed by atoms with van der Waals surface area (Å²) in [4.78, 5) is 32.4. The Kier molecular flexibility index (Phi) is 6.71. The molecule has 2 amide bonds. The summed E-state index contributed by atoms with van der Waals surface area (Å²) >= 11 is 1.54. The van der Waals surface area contributed by atoms with Crippen LogP contribution in [0.1, 0.15) is 30.5 Å². The normalized spacial score (nSPS) is 22.5. The quantitative estimate of drug-likeness (QED) is 0.548. The summed E-state index contributed by atoms with van der Waals surface area (Å²) in [6.45, 7) is 1.95. The van der Waals surface area contributed by atoms with E-state index in [1.54, 1.807) is 16.8 Å². The molecule has 1 aliphatic carbocycles. The zero-order chi connectivity index (χ0) is 24.7. The van der Waals surface area contributed by atoms with Crippen LogP contribution in [-0.4, -0.2) is 64.8 Å². The van der Waals surface area contributed by atoms with Crippen LogP contribution >= 0.6 is 11.3 Å². The number of likely N-dealkylation sites (N-methyl/N-ethyl adjacent to an activating group) is 1. The first kappa shape index (κ1) is 24.6. The standard InChI is InChI=1S/C23H27F3N4O3S/c1-13-18(34-12-29-13)15-5-3-14(4-6-15)10-28-20(32)17-9-16(31)11-30(17)21(33)19(27-2)22(7-8-22)23(24,25)26/h3-6,12,16-17,19,27,31H,7-11H2,1-2H3,(H,28,32). The lowest BCUT2D eigenvalue weighted by molar-refractivity contribution is -0.199. The van der Waals surface area contributed by atoms with Crippen LogP contribution in [0.15, 0.2) is 29.8 Å². The van der Waals surface area contributed by atoms with Gasteiger partial charge in [-0.15, -0.1) is 11.3 Å². The molecule has 3 N–H and O–H groups in total. The molecule has 1 saturated carbocycles. The highest BCUT2D eigenvalue weighted by molar-refractivity contribution is 7.13. The number of aryl methyl sites for hydroxylation is 1. The minimum atomic E-state index is -4.53. The molecule has 1 aliphatic heterocycles. The summed E-state index contributed by atoms with van der Waals surface area (Å²) in [5.74, 6) is -1.31. The van der Waals surface area contributed by atoms with Gasteiger partial charge >= 0.3 is 6.18 Å². The summed E-state index contributed by atoms with van der Waals surface area (Å²) in [7, 11) is 1.31. The van der Waals surface area contributed by atoms with Gasteiger partial charge in [0.25, 0.3) is 0 Å². The minimum absolute atomic E-state index is 0.0172. The van der Waals surface area contributed by atoms with Gasteiger partial charge in [0.15, 0.2) is 0 Å². The van der Waals surface area contributed by atoms with Gasteiger partial charge in [-0.25, -0.2) is 4.98 Å². The second kappa shape index (κ2) is 9.27. The van der Waals surface area contributed by atoms with Crippen LogP contribution in [0.5, 0.6) is 0 Å². The number of β-amino-alcohol motifs (C(OH)–C–C–N with tert-alkyl or cyclic N) is 1. The number of benzene rings is 1. The van der Waals surface area contributed by atoms with Crippen molar-refractivity contribution in [3.05, 3.63) is 41.0 Å².